The van der Waals surface area contributed by atoms with Gasteiger partial charge >= 0.3 is 0 Å². The van der Waals surface area contributed by atoms with Gasteiger partial charge < -0.3 is 15.2 Å². The molecule has 0 spiro atoms. The molecule has 0 heterocycles. The third-order valence-corrected chi connectivity index (χ3v) is 3.15. The molecule has 0 aliphatic rings. The summed E-state index contributed by atoms with van der Waals surface area (Å²) in [6.07, 6.45) is 0. The summed E-state index contributed by atoms with van der Waals surface area (Å²) in [7, 11) is 0. The molecule has 0 atom stereocenters. The van der Waals surface area contributed by atoms with Crippen LogP contribution in [0.15, 0.2) is 48.5 Å². The maximum atomic E-state index is 9.01. The van der Waals surface area contributed by atoms with Crippen LogP contribution in [0, 0.1) is 5.92 Å². The van der Waals surface area contributed by atoms with Crippen molar-refractivity contribution in [2.75, 3.05) is 6.54 Å². The Morgan fingerprint density at radius 2 is 1.43 bits per heavy atom. The van der Waals surface area contributed by atoms with Gasteiger partial charge in [0.1, 0.15) is 11.5 Å². The molecule has 21 heavy (non-hydrogen) atoms. The lowest BCUT2D eigenvalue weighted by Gasteiger charge is -2.09. The number of aliphatic hydroxyl groups excluding tert-OH is 1. The Morgan fingerprint density at radius 3 is 1.90 bits per heavy atom. The van der Waals surface area contributed by atoms with Gasteiger partial charge in [0.15, 0.2) is 0 Å². The summed E-state index contributed by atoms with van der Waals surface area (Å²) < 4.78 is 5.77. The van der Waals surface area contributed by atoms with Crippen molar-refractivity contribution < 1.29 is 9.84 Å². The van der Waals surface area contributed by atoms with E-state index in [0.717, 1.165) is 30.2 Å². The molecule has 2 aromatic rings. The highest BCUT2D eigenvalue weighted by Gasteiger charge is 1.99. The van der Waals surface area contributed by atoms with Gasteiger partial charge in [0.25, 0.3) is 0 Å². The lowest BCUT2D eigenvalue weighted by Crippen LogP contribution is -2.18. The van der Waals surface area contributed by atoms with Gasteiger partial charge in [-0.05, 0) is 47.9 Å². The monoisotopic (exact) mass is 285 g/mol. The van der Waals surface area contributed by atoms with E-state index >= 15 is 0 Å². The fourth-order valence-electron chi connectivity index (χ4n) is 1.98. The Kier molecular flexibility index (Phi) is 5.78. The van der Waals surface area contributed by atoms with Crippen molar-refractivity contribution in [2.45, 2.75) is 27.0 Å². The van der Waals surface area contributed by atoms with Gasteiger partial charge in [0, 0.05) is 6.54 Å². The summed E-state index contributed by atoms with van der Waals surface area (Å²) in [6, 6.07) is 15.6. The molecular formula is C18H23NO2. The van der Waals surface area contributed by atoms with Crippen LogP contribution in [0.25, 0.3) is 0 Å². The van der Waals surface area contributed by atoms with Crippen molar-refractivity contribution in [3.63, 3.8) is 0 Å². The van der Waals surface area contributed by atoms with Crippen LogP contribution in [-0.4, -0.2) is 11.7 Å². The van der Waals surface area contributed by atoms with Crippen LogP contribution in [0.1, 0.15) is 25.0 Å². The molecule has 0 saturated heterocycles. The third kappa shape index (κ3) is 5.21. The quantitative estimate of drug-likeness (QED) is 0.814. The topological polar surface area (TPSA) is 41.5 Å². The smallest absolute Gasteiger partial charge is 0.127 e. The van der Waals surface area contributed by atoms with E-state index in [1.807, 2.05) is 36.4 Å². The second-order valence-corrected chi connectivity index (χ2v) is 5.57. The molecule has 0 aromatic heterocycles. The summed E-state index contributed by atoms with van der Waals surface area (Å²) in [5.41, 5.74) is 2.13. The second-order valence-electron chi connectivity index (χ2n) is 5.57. The number of ether oxygens (including phenoxy) is 1. The minimum atomic E-state index is 0.0539. The van der Waals surface area contributed by atoms with E-state index in [4.69, 9.17) is 9.84 Å². The Hall–Kier alpha value is -1.84. The number of benzene rings is 2. The average Bonchev–Trinajstić information content (AvgIpc) is 2.49. The molecule has 0 amide bonds. The lowest BCUT2D eigenvalue weighted by atomic mass is 10.2. The summed E-state index contributed by atoms with van der Waals surface area (Å²) in [6.45, 7) is 6.36. The molecule has 0 unspecified atom stereocenters. The molecule has 0 fully saturated rings. The molecule has 112 valence electrons. The van der Waals surface area contributed by atoms with E-state index in [1.165, 1.54) is 5.56 Å². The molecule has 0 bridgehead atoms. The first-order valence-electron chi connectivity index (χ1n) is 7.34. The maximum Gasteiger partial charge on any atom is 0.127 e. The Labute approximate surface area is 126 Å². The van der Waals surface area contributed by atoms with Crippen LogP contribution in [0.3, 0.4) is 0 Å². The molecule has 0 saturated carbocycles. The van der Waals surface area contributed by atoms with Gasteiger partial charge in [-0.15, -0.1) is 0 Å². The molecule has 3 nitrogen and oxygen atoms in total. The summed E-state index contributed by atoms with van der Waals surface area (Å²) in [5, 5.41) is 12.4. The minimum absolute atomic E-state index is 0.0539. The first kappa shape index (κ1) is 15.5. The molecular weight excluding hydrogens is 262 g/mol. The summed E-state index contributed by atoms with van der Waals surface area (Å²) >= 11 is 0. The van der Waals surface area contributed by atoms with E-state index in [0.29, 0.717) is 5.92 Å². The number of nitrogens with one attached hydrogen (secondary N) is 1. The van der Waals surface area contributed by atoms with Gasteiger partial charge in [-0.2, -0.15) is 0 Å². The highest BCUT2D eigenvalue weighted by atomic mass is 16.5. The molecule has 0 radical (unpaired) electrons. The highest BCUT2D eigenvalue weighted by molar-refractivity contribution is 5.34. The van der Waals surface area contributed by atoms with Crippen molar-refractivity contribution in [1.29, 1.82) is 0 Å². The molecule has 3 heteroatoms. The fourth-order valence-corrected chi connectivity index (χ4v) is 1.98. The van der Waals surface area contributed by atoms with E-state index in [9.17, 15) is 0 Å². The SMILES string of the molecule is CC(C)CNCc1ccc(Oc2ccc(CO)cc2)cc1. The number of aliphatic hydroxyl groups is 1. The van der Waals surface area contributed by atoms with E-state index in [2.05, 4.69) is 31.3 Å². The van der Waals surface area contributed by atoms with Crippen LogP contribution in [0.4, 0.5) is 0 Å². The van der Waals surface area contributed by atoms with Gasteiger partial charge in [0.2, 0.25) is 0 Å². The van der Waals surface area contributed by atoms with Gasteiger partial charge in [-0.3, -0.25) is 0 Å². The van der Waals surface area contributed by atoms with Crippen LogP contribution in [0.5, 0.6) is 11.5 Å². The van der Waals surface area contributed by atoms with E-state index in [-0.39, 0.29) is 6.61 Å². The maximum absolute atomic E-state index is 9.01. The molecule has 0 aliphatic carbocycles. The first-order valence-corrected chi connectivity index (χ1v) is 7.34. The zero-order valence-corrected chi connectivity index (χ0v) is 12.7. The third-order valence-electron chi connectivity index (χ3n) is 3.15. The Bertz CT molecular complexity index is 532. The zero-order chi connectivity index (χ0) is 15.1. The van der Waals surface area contributed by atoms with Crippen LogP contribution in [0.2, 0.25) is 0 Å². The Morgan fingerprint density at radius 1 is 0.905 bits per heavy atom. The van der Waals surface area contributed by atoms with Gasteiger partial charge in [-0.1, -0.05) is 38.1 Å². The summed E-state index contributed by atoms with van der Waals surface area (Å²) in [4.78, 5) is 0. The van der Waals surface area contributed by atoms with Crippen molar-refractivity contribution >= 4 is 0 Å². The number of rotatable bonds is 7. The van der Waals surface area contributed by atoms with Crippen molar-refractivity contribution in [1.82, 2.24) is 5.32 Å². The normalized spacial score (nSPS) is 10.9. The highest BCUT2D eigenvalue weighted by Crippen LogP contribution is 2.22. The summed E-state index contributed by atoms with van der Waals surface area (Å²) in [5.74, 6) is 2.26. The van der Waals surface area contributed by atoms with Crippen LogP contribution < -0.4 is 10.1 Å². The average molecular weight is 285 g/mol. The second kappa shape index (κ2) is 7.81. The van der Waals surface area contributed by atoms with Crippen molar-refractivity contribution in [3.05, 3.63) is 59.7 Å². The Balaban J connectivity index is 1.89. The zero-order valence-electron chi connectivity index (χ0n) is 12.7. The van der Waals surface area contributed by atoms with E-state index in [1.54, 1.807) is 0 Å². The van der Waals surface area contributed by atoms with E-state index < -0.39 is 0 Å². The van der Waals surface area contributed by atoms with Crippen molar-refractivity contribution in [3.8, 4) is 11.5 Å². The van der Waals surface area contributed by atoms with Crippen LogP contribution in [-0.2, 0) is 13.2 Å². The molecule has 2 N–H and O–H groups in total. The predicted molar refractivity (Wildman–Crippen MR) is 85.4 cm³/mol. The van der Waals surface area contributed by atoms with Gasteiger partial charge in [0.05, 0.1) is 6.61 Å². The number of hydrogen-bond acceptors (Lipinski definition) is 3. The number of hydrogen-bond donors (Lipinski definition) is 2. The first-order chi connectivity index (χ1) is 10.2. The lowest BCUT2D eigenvalue weighted by molar-refractivity contribution is 0.281. The molecule has 0 aliphatic heterocycles. The largest absolute Gasteiger partial charge is 0.457 e. The van der Waals surface area contributed by atoms with Crippen molar-refractivity contribution in [2.24, 2.45) is 5.92 Å². The standard InChI is InChI=1S/C18H23NO2/c1-14(2)11-19-12-15-3-7-17(8-4-15)21-18-9-5-16(13-20)6-10-18/h3-10,14,19-20H,11-13H2,1-2H3. The predicted octanol–water partition coefficient (Wildman–Crippen LogP) is 3.72. The van der Waals surface area contributed by atoms with Gasteiger partial charge in [-0.25, -0.2) is 0 Å². The minimum Gasteiger partial charge on any atom is -0.457 e. The fraction of sp³-hybridized carbons (Fsp3) is 0.333. The molecule has 2 aromatic carbocycles. The molecule has 2 rings (SSSR count). The van der Waals surface area contributed by atoms with Crippen LogP contribution >= 0.6 is 0 Å².